The van der Waals surface area contributed by atoms with Crippen molar-refractivity contribution in [2.24, 2.45) is 11.3 Å². The Labute approximate surface area is 204 Å². The second-order valence-electron chi connectivity index (χ2n) is 9.57. The third-order valence-corrected chi connectivity index (χ3v) is 8.17. The van der Waals surface area contributed by atoms with Gasteiger partial charge in [-0.15, -0.1) is 0 Å². The zero-order valence-electron chi connectivity index (χ0n) is 19.3. The lowest BCUT2D eigenvalue weighted by Gasteiger charge is -2.36. The van der Waals surface area contributed by atoms with Gasteiger partial charge in [0.25, 0.3) is 0 Å². The number of hydrogen-bond donors (Lipinski definition) is 0. The van der Waals surface area contributed by atoms with Gasteiger partial charge in [-0.05, 0) is 48.8 Å². The molecule has 0 N–H and O–H groups in total. The summed E-state index contributed by atoms with van der Waals surface area (Å²) in [4.78, 5) is 26.6. The fraction of sp³-hybridized carbons (Fsp3) is 0.370. The first-order valence-electron chi connectivity index (χ1n) is 11.8. The van der Waals surface area contributed by atoms with Crippen LogP contribution in [0, 0.1) is 11.3 Å². The van der Waals surface area contributed by atoms with Crippen molar-refractivity contribution in [2.45, 2.75) is 25.8 Å². The van der Waals surface area contributed by atoms with Crippen LogP contribution >= 0.6 is 11.6 Å². The van der Waals surface area contributed by atoms with Crippen LogP contribution in [0.15, 0.2) is 49.1 Å². The number of aromatic nitrogens is 2. The molecule has 174 valence electrons. The maximum Gasteiger partial charge on any atom is 0.318 e. The Bertz CT molecular complexity index is 1320. The van der Waals surface area contributed by atoms with Gasteiger partial charge in [-0.3, -0.25) is 4.79 Å². The van der Waals surface area contributed by atoms with Crippen molar-refractivity contribution in [3.05, 3.63) is 65.3 Å². The number of ketones is 1. The first-order valence-corrected chi connectivity index (χ1v) is 12.2. The molecule has 2 unspecified atom stereocenters. The van der Waals surface area contributed by atoms with Gasteiger partial charge < -0.3 is 14.5 Å². The molecule has 1 aromatic heterocycles. The zero-order chi connectivity index (χ0) is 23.4. The van der Waals surface area contributed by atoms with Crippen molar-refractivity contribution in [2.75, 3.05) is 36.5 Å². The fourth-order valence-corrected chi connectivity index (χ4v) is 6.20. The van der Waals surface area contributed by atoms with Gasteiger partial charge in [-0.1, -0.05) is 42.4 Å². The molecule has 6 rings (SSSR count). The third kappa shape index (κ3) is 3.27. The van der Waals surface area contributed by atoms with Crippen LogP contribution in [0.4, 0.5) is 11.5 Å². The molecule has 34 heavy (non-hydrogen) atoms. The van der Waals surface area contributed by atoms with E-state index in [4.69, 9.17) is 26.3 Å². The standard InChI is InChI=1S/C27H27ClN4O2/c1-3-23(33)27-11-13-32(15-18(27)14-27)25-19-10-12-31(16-21(19)29-26(30-25)34-2)22-9-5-7-17-6-4-8-20(28)24(17)22/h3-9,18H,1,10-16H2,2H3. The predicted molar refractivity (Wildman–Crippen MR) is 135 cm³/mol. The highest BCUT2D eigenvalue weighted by molar-refractivity contribution is 6.36. The Kier molecular flexibility index (Phi) is 5.03. The summed E-state index contributed by atoms with van der Waals surface area (Å²) >= 11 is 6.61. The summed E-state index contributed by atoms with van der Waals surface area (Å²) in [5.41, 5.74) is 3.12. The average molecular weight is 475 g/mol. The van der Waals surface area contributed by atoms with E-state index in [0.717, 1.165) is 71.9 Å². The van der Waals surface area contributed by atoms with Crippen LogP contribution in [0.25, 0.3) is 10.8 Å². The maximum absolute atomic E-state index is 12.4. The Hall–Kier alpha value is -3.12. The summed E-state index contributed by atoms with van der Waals surface area (Å²) in [5, 5.41) is 2.96. The molecule has 6 nitrogen and oxygen atoms in total. The fourth-order valence-electron chi connectivity index (χ4n) is 5.93. The van der Waals surface area contributed by atoms with E-state index in [9.17, 15) is 4.79 Å². The molecule has 0 radical (unpaired) electrons. The molecule has 0 amide bonds. The molecular formula is C27H27ClN4O2. The number of nitrogens with zero attached hydrogens (tertiary/aromatic N) is 4. The van der Waals surface area contributed by atoms with E-state index in [1.165, 1.54) is 11.6 Å². The minimum Gasteiger partial charge on any atom is -0.467 e. The number of allylic oxidation sites excluding steroid dienone is 1. The number of halogens is 1. The van der Waals surface area contributed by atoms with Crippen molar-refractivity contribution >= 4 is 39.7 Å². The summed E-state index contributed by atoms with van der Waals surface area (Å²) in [5.74, 6) is 1.54. The molecule has 3 heterocycles. The summed E-state index contributed by atoms with van der Waals surface area (Å²) in [6, 6.07) is 12.7. The second-order valence-corrected chi connectivity index (χ2v) is 9.97. The third-order valence-electron chi connectivity index (χ3n) is 7.85. The number of rotatable bonds is 5. The monoisotopic (exact) mass is 474 g/mol. The number of ether oxygens (including phenoxy) is 1. The van der Waals surface area contributed by atoms with Crippen LogP contribution in [-0.2, 0) is 17.8 Å². The van der Waals surface area contributed by atoms with Crippen molar-refractivity contribution < 1.29 is 9.53 Å². The number of fused-ring (bicyclic) bond motifs is 3. The highest BCUT2D eigenvalue weighted by Gasteiger charge is 2.60. The van der Waals surface area contributed by atoms with E-state index in [2.05, 4.69) is 40.6 Å². The van der Waals surface area contributed by atoms with Crippen molar-refractivity contribution in [1.82, 2.24) is 9.97 Å². The Balaban J connectivity index is 1.33. The van der Waals surface area contributed by atoms with Gasteiger partial charge in [-0.25, -0.2) is 0 Å². The number of piperidine rings is 1. The summed E-state index contributed by atoms with van der Waals surface area (Å²) in [6.45, 7) is 6.89. The van der Waals surface area contributed by atoms with Crippen molar-refractivity contribution in [3.63, 3.8) is 0 Å². The van der Waals surface area contributed by atoms with Gasteiger partial charge in [0.2, 0.25) is 0 Å². The van der Waals surface area contributed by atoms with Gasteiger partial charge in [0, 0.05) is 41.7 Å². The molecule has 1 saturated heterocycles. The van der Waals surface area contributed by atoms with Crippen LogP contribution in [-0.4, -0.2) is 42.5 Å². The highest BCUT2D eigenvalue weighted by atomic mass is 35.5. The number of carbonyl (C=O) groups is 1. The average Bonchev–Trinajstić information content (AvgIpc) is 3.62. The lowest BCUT2D eigenvalue weighted by molar-refractivity contribution is -0.120. The smallest absolute Gasteiger partial charge is 0.318 e. The molecule has 2 atom stereocenters. The van der Waals surface area contributed by atoms with Gasteiger partial charge in [0.15, 0.2) is 5.78 Å². The Morgan fingerprint density at radius 2 is 2.03 bits per heavy atom. The summed E-state index contributed by atoms with van der Waals surface area (Å²) in [6.07, 6.45) is 4.14. The predicted octanol–water partition coefficient (Wildman–Crippen LogP) is 4.83. The highest BCUT2D eigenvalue weighted by Crippen LogP contribution is 2.59. The molecule has 0 spiro atoms. The number of methoxy groups -OCH3 is 1. The van der Waals surface area contributed by atoms with Gasteiger partial charge in [0.05, 0.1) is 24.4 Å². The first-order chi connectivity index (χ1) is 16.5. The molecule has 0 bridgehead atoms. The Morgan fingerprint density at radius 3 is 2.79 bits per heavy atom. The molecular weight excluding hydrogens is 448 g/mol. The van der Waals surface area contributed by atoms with Crippen LogP contribution in [0.2, 0.25) is 5.02 Å². The number of benzene rings is 2. The lowest BCUT2D eigenvalue weighted by atomic mass is 9.90. The van der Waals surface area contributed by atoms with Crippen LogP contribution in [0.3, 0.4) is 0 Å². The summed E-state index contributed by atoms with van der Waals surface area (Å²) < 4.78 is 5.50. The topological polar surface area (TPSA) is 58.6 Å². The first kappa shape index (κ1) is 21.4. The zero-order valence-corrected chi connectivity index (χ0v) is 20.0. The molecule has 3 aromatic rings. The number of anilines is 2. The van der Waals surface area contributed by atoms with E-state index in [1.54, 1.807) is 7.11 Å². The quantitative estimate of drug-likeness (QED) is 0.494. The van der Waals surface area contributed by atoms with Crippen LogP contribution in [0.5, 0.6) is 6.01 Å². The van der Waals surface area contributed by atoms with Gasteiger partial charge in [-0.2, -0.15) is 9.97 Å². The van der Waals surface area contributed by atoms with Crippen LogP contribution < -0.4 is 14.5 Å². The Morgan fingerprint density at radius 1 is 1.21 bits per heavy atom. The number of carbonyl (C=O) groups excluding carboxylic acids is 1. The van der Waals surface area contributed by atoms with Crippen molar-refractivity contribution in [1.29, 1.82) is 0 Å². The van der Waals surface area contributed by atoms with E-state index in [-0.39, 0.29) is 11.2 Å². The van der Waals surface area contributed by atoms with E-state index < -0.39 is 0 Å². The van der Waals surface area contributed by atoms with Crippen molar-refractivity contribution in [3.8, 4) is 6.01 Å². The molecule has 3 aliphatic rings. The molecule has 7 heteroatoms. The minimum absolute atomic E-state index is 0.181. The normalized spacial score (nSPS) is 23.3. The van der Waals surface area contributed by atoms with E-state index in [1.807, 2.05) is 12.1 Å². The molecule has 1 saturated carbocycles. The molecule has 2 aliphatic heterocycles. The van der Waals surface area contributed by atoms with Gasteiger partial charge >= 0.3 is 6.01 Å². The largest absolute Gasteiger partial charge is 0.467 e. The lowest BCUT2D eigenvalue weighted by Crippen LogP contribution is -2.40. The van der Waals surface area contributed by atoms with Gasteiger partial charge in [0.1, 0.15) is 5.82 Å². The van der Waals surface area contributed by atoms with Crippen LogP contribution in [0.1, 0.15) is 24.1 Å². The molecule has 2 fully saturated rings. The summed E-state index contributed by atoms with van der Waals surface area (Å²) in [7, 11) is 1.61. The number of hydrogen-bond acceptors (Lipinski definition) is 6. The maximum atomic E-state index is 12.4. The SMILES string of the molecule is C=CC(=O)C12CCN(c3nc(OC)nc4c3CCN(c3cccc5cccc(Cl)c35)C4)CC1C2. The van der Waals surface area contributed by atoms with E-state index >= 15 is 0 Å². The molecule has 1 aliphatic carbocycles. The molecule has 2 aromatic carbocycles. The van der Waals surface area contributed by atoms with E-state index in [0.29, 0.717) is 18.5 Å². The second kappa shape index (κ2) is 7.98. The minimum atomic E-state index is -0.181.